The van der Waals surface area contributed by atoms with Gasteiger partial charge in [-0.05, 0) is 0 Å². The molecule has 0 amide bonds. The maximum Gasteiger partial charge on any atom is 0.276 e. The van der Waals surface area contributed by atoms with E-state index in [0.29, 0.717) is 5.92 Å². The van der Waals surface area contributed by atoms with Crippen LogP contribution >= 0.6 is 0 Å². The third-order valence-electron chi connectivity index (χ3n) is 3.82. The van der Waals surface area contributed by atoms with Gasteiger partial charge in [-0.3, -0.25) is 6.08 Å². The molecule has 2 aliphatic rings. The summed E-state index contributed by atoms with van der Waals surface area (Å²) in [6.45, 7) is 9.76. The second-order valence-corrected chi connectivity index (χ2v) is 4.55. The first-order valence-corrected chi connectivity index (χ1v) is 5.28. The van der Waals surface area contributed by atoms with Gasteiger partial charge in [0.2, 0.25) is 0 Å². The quantitative estimate of drug-likeness (QED) is 0.371. The molecule has 1 aliphatic heterocycles. The van der Waals surface area contributed by atoms with Gasteiger partial charge in [0, 0.05) is 28.1 Å². The van der Waals surface area contributed by atoms with Crippen molar-refractivity contribution in [2.75, 3.05) is 6.54 Å². The zero-order chi connectivity index (χ0) is 10.3. The SMILES string of the molecule is CC1=[C-]C(C)(C2C#[N+]CC2)C(C)=C1C.[Cl-].[Cl-].[Ti]. The Morgan fingerprint density at radius 3 is 2.24 bits per heavy atom. The molecule has 0 saturated heterocycles. The molecule has 0 bridgehead atoms. The van der Waals surface area contributed by atoms with Crippen molar-refractivity contribution in [2.45, 2.75) is 34.1 Å². The summed E-state index contributed by atoms with van der Waals surface area (Å²) in [6, 6.07) is 3.23. The van der Waals surface area contributed by atoms with Gasteiger partial charge in [0.25, 0.3) is 12.6 Å². The van der Waals surface area contributed by atoms with Gasteiger partial charge in [-0.2, -0.15) is 11.1 Å². The van der Waals surface area contributed by atoms with Crippen LogP contribution in [0.1, 0.15) is 34.1 Å². The van der Waals surface area contributed by atoms with Gasteiger partial charge in [-0.25, -0.2) is 5.57 Å². The predicted molar refractivity (Wildman–Crippen MR) is 59.1 cm³/mol. The molecule has 0 aromatic rings. The van der Waals surface area contributed by atoms with E-state index in [1.165, 1.54) is 16.7 Å². The molecular formula is C13H17Cl2NTi-2. The van der Waals surface area contributed by atoms with E-state index < -0.39 is 0 Å². The molecule has 94 valence electrons. The van der Waals surface area contributed by atoms with Crippen molar-refractivity contribution in [3.05, 3.63) is 27.6 Å². The zero-order valence-corrected chi connectivity index (χ0v) is 13.8. The van der Waals surface area contributed by atoms with Crippen LogP contribution in [0.25, 0.3) is 4.85 Å². The first kappa shape index (κ1) is 19.6. The standard InChI is InChI=1S/C13H17N.2ClH.Ti/c1-9-7-13(4,11(3)10(9)2)12-5-6-14-8-12;;;/h12H,5-6H2,1-4H3;2*1H;/p-2. The van der Waals surface area contributed by atoms with Crippen molar-refractivity contribution < 1.29 is 46.5 Å². The summed E-state index contributed by atoms with van der Waals surface area (Å²) in [5.41, 5.74) is 4.22. The molecule has 1 aliphatic carbocycles. The molecule has 0 N–H and O–H groups in total. The Morgan fingerprint density at radius 2 is 1.88 bits per heavy atom. The summed E-state index contributed by atoms with van der Waals surface area (Å²) in [5, 5.41) is 0. The Morgan fingerprint density at radius 1 is 1.29 bits per heavy atom. The third-order valence-corrected chi connectivity index (χ3v) is 3.82. The van der Waals surface area contributed by atoms with Crippen LogP contribution < -0.4 is 24.8 Å². The normalized spacial score (nSPS) is 29.4. The predicted octanol–water partition coefficient (Wildman–Crippen LogP) is -2.55. The number of rotatable bonds is 1. The average Bonchev–Trinajstić information content (AvgIpc) is 2.73. The van der Waals surface area contributed by atoms with E-state index >= 15 is 0 Å². The molecular weight excluding hydrogens is 289 g/mol. The number of allylic oxidation sites excluding steroid dienone is 4. The van der Waals surface area contributed by atoms with E-state index in [2.05, 4.69) is 44.7 Å². The van der Waals surface area contributed by atoms with Crippen LogP contribution in [0.3, 0.4) is 0 Å². The van der Waals surface area contributed by atoms with Crippen molar-refractivity contribution in [3.63, 3.8) is 0 Å². The van der Waals surface area contributed by atoms with Crippen molar-refractivity contribution >= 4 is 0 Å². The van der Waals surface area contributed by atoms with Crippen LogP contribution in [0.5, 0.6) is 0 Å². The van der Waals surface area contributed by atoms with E-state index in [4.69, 9.17) is 0 Å². The van der Waals surface area contributed by atoms with Crippen molar-refractivity contribution in [2.24, 2.45) is 11.3 Å². The average molecular weight is 306 g/mol. The van der Waals surface area contributed by atoms with Gasteiger partial charge < -0.3 is 24.8 Å². The minimum Gasteiger partial charge on any atom is -1.00 e. The molecule has 0 aromatic carbocycles. The number of nitrogens with zero attached hydrogens (tertiary/aromatic N) is 1. The first-order chi connectivity index (χ1) is 6.55. The summed E-state index contributed by atoms with van der Waals surface area (Å²) in [4.78, 5) is 4.22. The monoisotopic (exact) mass is 305 g/mol. The molecule has 1 nitrogen and oxygen atoms in total. The Labute approximate surface area is 132 Å². The Kier molecular flexibility index (Phi) is 8.07. The molecule has 0 aromatic heterocycles. The molecule has 1 heterocycles. The largest absolute Gasteiger partial charge is 1.00 e. The molecule has 0 saturated carbocycles. The second-order valence-electron chi connectivity index (χ2n) is 4.55. The van der Waals surface area contributed by atoms with Gasteiger partial charge >= 0.3 is 0 Å². The fourth-order valence-electron chi connectivity index (χ4n) is 2.45. The summed E-state index contributed by atoms with van der Waals surface area (Å²) < 4.78 is 0. The number of hydrogen-bond donors (Lipinski definition) is 0. The van der Waals surface area contributed by atoms with E-state index in [1.807, 2.05) is 0 Å². The van der Waals surface area contributed by atoms with Gasteiger partial charge in [0.05, 0.1) is 5.92 Å². The summed E-state index contributed by atoms with van der Waals surface area (Å²) in [7, 11) is 0. The zero-order valence-electron chi connectivity index (χ0n) is 10.7. The van der Waals surface area contributed by atoms with Crippen LogP contribution in [0.4, 0.5) is 0 Å². The molecule has 17 heavy (non-hydrogen) atoms. The fraction of sp³-hybridized carbons (Fsp3) is 0.615. The summed E-state index contributed by atoms with van der Waals surface area (Å²) in [5.74, 6) is 0.440. The van der Waals surface area contributed by atoms with Gasteiger partial charge in [0.15, 0.2) is 0 Å². The fourth-order valence-corrected chi connectivity index (χ4v) is 2.45. The van der Waals surface area contributed by atoms with E-state index in [0.717, 1.165) is 13.0 Å². The molecule has 0 fully saturated rings. The van der Waals surface area contributed by atoms with Crippen molar-refractivity contribution in [3.8, 4) is 6.07 Å². The van der Waals surface area contributed by atoms with E-state index in [1.54, 1.807) is 0 Å². The van der Waals surface area contributed by atoms with Crippen LogP contribution in [0.2, 0.25) is 0 Å². The van der Waals surface area contributed by atoms with Gasteiger partial charge in [-0.15, -0.1) is 6.92 Å². The Balaban J connectivity index is 0. The van der Waals surface area contributed by atoms with Crippen LogP contribution in [-0.2, 0) is 21.7 Å². The van der Waals surface area contributed by atoms with Crippen LogP contribution in [0.15, 0.2) is 16.7 Å². The topological polar surface area (TPSA) is 4.36 Å². The van der Waals surface area contributed by atoms with Gasteiger partial charge in [-0.1, -0.05) is 31.0 Å². The third kappa shape index (κ3) is 3.18. The van der Waals surface area contributed by atoms with Crippen LogP contribution in [-0.4, -0.2) is 6.54 Å². The van der Waals surface area contributed by atoms with Crippen molar-refractivity contribution in [1.29, 1.82) is 0 Å². The molecule has 4 heteroatoms. The maximum atomic E-state index is 4.22. The molecule has 2 rings (SSSR count). The van der Waals surface area contributed by atoms with Crippen LogP contribution in [0, 0.1) is 23.5 Å². The number of hydrogen-bond acceptors (Lipinski definition) is 0. The molecule has 0 spiro atoms. The van der Waals surface area contributed by atoms with E-state index in [-0.39, 0.29) is 51.9 Å². The smallest absolute Gasteiger partial charge is 0.276 e. The second kappa shape index (κ2) is 7.00. The van der Waals surface area contributed by atoms with Gasteiger partial charge in [0.1, 0.15) is 0 Å². The Bertz CT molecular complexity index is 403. The summed E-state index contributed by atoms with van der Waals surface area (Å²) in [6.07, 6.45) is 4.72. The van der Waals surface area contributed by atoms with Crippen molar-refractivity contribution in [1.82, 2.24) is 0 Å². The molecule has 0 radical (unpaired) electrons. The Hall–Kier alpha value is 0.264. The molecule has 2 atom stereocenters. The first-order valence-electron chi connectivity index (χ1n) is 5.28. The minimum atomic E-state index is 0. The van der Waals surface area contributed by atoms with E-state index in [9.17, 15) is 0 Å². The minimum absolute atomic E-state index is 0. The molecule has 2 unspecified atom stereocenters. The maximum absolute atomic E-state index is 4.22. The number of halogens is 2. The summed E-state index contributed by atoms with van der Waals surface area (Å²) >= 11 is 0.